The molecule has 0 spiro atoms. The van der Waals surface area contributed by atoms with E-state index < -0.39 is 0 Å². The first-order valence-corrected chi connectivity index (χ1v) is 6.21. The minimum atomic E-state index is -0.0454. The number of hydrogen-bond acceptors (Lipinski definition) is 4. The van der Waals surface area contributed by atoms with Crippen LogP contribution in [0.4, 0.5) is 0 Å². The second kappa shape index (κ2) is 6.15. The van der Waals surface area contributed by atoms with E-state index in [-0.39, 0.29) is 5.91 Å². The van der Waals surface area contributed by atoms with Crippen LogP contribution in [0.15, 0.2) is 41.1 Å². The maximum Gasteiger partial charge on any atom is 0.254 e. The number of carbonyl (C=O) groups excluding carboxylic acids is 1. The lowest BCUT2D eigenvalue weighted by molar-refractivity contribution is 0.0741. The van der Waals surface area contributed by atoms with Gasteiger partial charge in [0.1, 0.15) is 5.76 Å². The van der Waals surface area contributed by atoms with Gasteiger partial charge in [-0.25, -0.2) is 0 Å². The van der Waals surface area contributed by atoms with Crippen LogP contribution in [0.2, 0.25) is 0 Å². The molecule has 2 aromatic rings. The minimum absolute atomic E-state index is 0.0454. The van der Waals surface area contributed by atoms with Crippen LogP contribution in [0.25, 0.3) is 0 Å². The fourth-order valence-corrected chi connectivity index (χ4v) is 1.82. The molecule has 2 aromatic heterocycles. The number of aromatic nitrogens is 1. The second-order valence-electron chi connectivity index (χ2n) is 4.14. The van der Waals surface area contributed by atoms with E-state index in [0.29, 0.717) is 30.9 Å². The summed E-state index contributed by atoms with van der Waals surface area (Å²) in [6.07, 6.45) is 3.21. The van der Waals surface area contributed by atoms with Crippen LogP contribution in [-0.4, -0.2) is 22.3 Å². The van der Waals surface area contributed by atoms with Gasteiger partial charge in [0, 0.05) is 24.8 Å². The van der Waals surface area contributed by atoms with Gasteiger partial charge < -0.3 is 15.1 Å². The van der Waals surface area contributed by atoms with Gasteiger partial charge in [0.2, 0.25) is 0 Å². The highest BCUT2D eigenvalue weighted by Crippen LogP contribution is 2.11. The van der Waals surface area contributed by atoms with Crippen molar-refractivity contribution in [2.45, 2.75) is 20.0 Å². The third-order valence-electron chi connectivity index (χ3n) is 2.87. The highest BCUT2D eigenvalue weighted by Gasteiger charge is 2.16. The molecule has 2 rings (SSSR count). The average Bonchev–Trinajstić information content (AvgIpc) is 2.97. The van der Waals surface area contributed by atoms with Crippen molar-refractivity contribution in [2.75, 3.05) is 6.54 Å². The van der Waals surface area contributed by atoms with Gasteiger partial charge in [0.15, 0.2) is 0 Å². The number of pyridine rings is 1. The Kier molecular flexibility index (Phi) is 4.30. The number of nitrogens with two attached hydrogens (primary N) is 1. The molecule has 2 N–H and O–H groups in total. The predicted octanol–water partition coefficient (Wildman–Crippen LogP) is 1.80. The van der Waals surface area contributed by atoms with Gasteiger partial charge in [0.25, 0.3) is 5.91 Å². The van der Waals surface area contributed by atoms with Gasteiger partial charge in [-0.05, 0) is 31.2 Å². The molecule has 1 amide bonds. The van der Waals surface area contributed by atoms with E-state index in [2.05, 4.69) is 4.98 Å². The van der Waals surface area contributed by atoms with Crippen molar-refractivity contribution >= 4 is 5.91 Å². The molecule has 0 unspecified atom stereocenters. The van der Waals surface area contributed by atoms with Gasteiger partial charge >= 0.3 is 0 Å². The summed E-state index contributed by atoms with van der Waals surface area (Å²) in [5.74, 6) is 0.722. The minimum Gasteiger partial charge on any atom is -0.467 e. The first kappa shape index (κ1) is 13.3. The van der Waals surface area contributed by atoms with E-state index in [9.17, 15) is 4.79 Å². The molecule has 0 aliphatic heterocycles. The molecule has 0 bridgehead atoms. The largest absolute Gasteiger partial charge is 0.467 e. The summed E-state index contributed by atoms with van der Waals surface area (Å²) in [7, 11) is 0. The summed E-state index contributed by atoms with van der Waals surface area (Å²) in [6, 6.07) is 7.10. The molecular weight excluding hydrogens is 242 g/mol. The molecule has 0 fully saturated rings. The Balaban J connectivity index is 2.15. The van der Waals surface area contributed by atoms with Crippen molar-refractivity contribution in [1.82, 2.24) is 9.88 Å². The normalized spacial score (nSPS) is 10.4. The Morgan fingerprint density at radius 1 is 1.47 bits per heavy atom. The van der Waals surface area contributed by atoms with Gasteiger partial charge in [-0.2, -0.15) is 0 Å². The Bertz CT molecular complexity index is 537. The van der Waals surface area contributed by atoms with Crippen LogP contribution in [0.1, 0.15) is 28.7 Å². The number of amides is 1. The number of furan rings is 1. The van der Waals surface area contributed by atoms with Crippen LogP contribution in [0, 0.1) is 0 Å². The second-order valence-corrected chi connectivity index (χ2v) is 4.14. The SMILES string of the molecule is CCN(Cc1ccco1)C(=O)c1ccnc(CN)c1. The van der Waals surface area contributed by atoms with E-state index in [1.807, 2.05) is 19.1 Å². The standard InChI is InChI=1S/C14H17N3O2/c1-2-17(10-13-4-3-7-19-13)14(18)11-5-6-16-12(8-11)9-15/h3-8H,2,9-10,15H2,1H3. The summed E-state index contributed by atoms with van der Waals surface area (Å²) < 4.78 is 5.27. The topological polar surface area (TPSA) is 72.4 Å². The maximum atomic E-state index is 12.4. The first-order chi connectivity index (χ1) is 9.24. The lowest BCUT2D eigenvalue weighted by Crippen LogP contribution is -2.30. The van der Waals surface area contributed by atoms with Gasteiger partial charge in [-0.1, -0.05) is 0 Å². The van der Waals surface area contributed by atoms with Crippen molar-refractivity contribution < 1.29 is 9.21 Å². The zero-order valence-electron chi connectivity index (χ0n) is 10.9. The highest BCUT2D eigenvalue weighted by atomic mass is 16.3. The predicted molar refractivity (Wildman–Crippen MR) is 71.3 cm³/mol. The van der Waals surface area contributed by atoms with Gasteiger partial charge in [0.05, 0.1) is 18.5 Å². The molecule has 19 heavy (non-hydrogen) atoms. The molecule has 0 aliphatic rings. The molecular formula is C14H17N3O2. The molecule has 0 saturated heterocycles. The van der Waals surface area contributed by atoms with E-state index in [1.54, 1.807) is 29.5 Å². The molecule has 0 aromatic carbocycles. The van der Waals surface area contributed by atoms with Crippen molar-refractivity contribution in [3.8, 4) is 0 Å². The Morgan fingerprint density at radius 3 is 2.95 bits per heavy atom. The fraction of sp³-hybridized carbons (Fsp3) is 0.286. The number of hydrogen-bond donors (Lipinski definition) is 1. The molecule has 100 valence electrons. The summed E-state index contributed by atoms with van der Waals surface area (Å²) in [6.45, 7) is 3.33. The maximum absolute atomic E-state index is 12.4. The molecule has 2 heterocycles. The Labute approximate surface area is 112 Å². The quantitative estimate of drug-likeness (QED) is 0.888. The van der Waals surface area contributed by atoms with E-state index in [4.69, 9.17) is 10.2 Å². The zero-order valence-corrected chi connectivity index (χ0v) is 10.9. The van der Waals surface area contributed by atoms with Crippen molar-refractivity contribution in [2.24, 2.45) is 5.73 Å². The van der Waals surface area contributed by atoms with Crippen molar-refractivity contribution in [1.29, 1.82) is 0 Å². The van der Waals surface area contributed by atoms with Gasteiger partial charge in [-0.3, -0.25) is 9.78 Å². The molecule has 0 aliphatic carbocycles. The van der Waals surface area contributed by atoms with Crippen LogP contribution in [0.3, 0.4) is 0 Å². The average molecular weight is 259 g/mol. The molecule has 5 nitrogen and oxygen atoms in total. The number of rotatable bonds is 5. The number of carbonyl (C=O) groups is 1. The van der Waals surface area contributed by atoms with Crippen LogP contribution < -0.4 is 5.73 Å². The van der Waals surface area contributed by atoms with Crippen LogP contribution in [-0.2, 0) is 13.1 Å². The fourth-order valence-electron chi connectivity index (χ4n) is 1.82. The van der Waals surface area contributed by atoms with Crippen molar-refractivity contribution in [3.05, 3.63) is 53.7 Å². The molecule has 0 atom stereocenters. The monoisotopic (exact) mass is 259 g/mol. The molecule has 0 saturated carbocycles. The molecule has 0 radical (unpaired) electrons. The highest BCUT2D eigenvalue weighted by molar-refractivity contribution is 5.94. The lowest BCUT2D eigenvalue weighted by atomic mass is 10.2. The smallest absolute Gasteiger partial charge is 0.254 e. The lowest BCUT2D eigenvalue weighted by Gasteiger charge is -2.19. The van der Waals surface area contributed by atoms with E-state index in [0.717, 1.165) is 5.76 Å². The van der Waals surface area contributed by atoms with Gasteiger partial charge in [-0.15, -0.1) is 0 Å². The summed E-state index contributed by atoms with van der Waals surface area (Å²) >= 11 is 0. The Morgan fingerprint density at radius 2 is 2.32 bits per heavy atom. The third kappa shape index (κ3) is 3.20. The third-order valence-corrected chi connectivity index (χ3v) is 2.87. The summed E-state index contributed by atoms with van der Waals surface area (Å²) in [5, 5.41) is 0. The van der Waals surface area contributed by atoms with Crippen LogP contribution >= 0.6 is 0 Å². The van der Waals surface area contributed by atoms with E-state index in [1.165, 1.54) is 0 Å². The van der Waals surface area contributed by atoms with Crippen molar-refractivity contribution in [3.63, 3.8) is 0 Å². The Hall–Kier alpha value is -2.14. The summed E-state index contributed by atoms with van der Waals surface area (Å²) in [5.41, 5.74) is 6.84. The van der Waals surface area contributed by atoms with Crippen LogP contribution in [0.5, 0.6) is 0 Å². The first-order valence-electron chi connectivity index (χ1n) is 6.21. The van der Waals surface area contributed by atoms with E-state index >= 15 is 0 Å². The molecule has 5 heteroatoms. The number of nitrogens with zero attached hydrogens (tertiary/aromatic N) is 2. The summed E-state index contributed by atoms with van der Waals surface area (Å²) in [4.78, 5) is 18.2. The zero-order chi connectivity index (χ0) is 13.7.